The Hall–Kier alpha value is -1.83. The van der Waals surface area contributed by atoms with Gasteiger partial charge in [-0.3, -0.25) is 4.90 Å². The van der Waals surface area contributed by atoms with Crippen LogP contribution in [0, 0.1) is 0 Å². The zero-order valence-electron chi connectivity index (χ0n) is 10.9. The maximum Gasteiger partial charge on any atom is 0.433 e. The minimum absolute atomic E-state index is 0.0791. The molecule has 3 heterocycles. The molecular weight excluding hydrogens is 273 g/mol. The highest BCUT2D eigenvalue weighted by atomic mass is 19.4. The highest BCUT2D eigenvalue weighted by molar-refractivity contribution is 5.54. The zero-order valence-corrected chi connectivity index (χ0v) is 10.9. The molecule has 5 nitrogen and oxygen atoms in total. The van der Waals surface area contributed by atoms with Crippen molar-refractivity contribution in [2.75, 3.05) is 0 Å². The summed E-state index contributed by atoms with van der Waals surface area (Å²) >= 11 is 0. The first kappa shape index (κ1) is 13.2. The Morgan fingerprint density at radius 3 is 2.60 bits per heavy atom. The van der Waals surface area contributed by atoms with Crippen molar-refractivity contribution in [3.05, 3.63) is 23.0 Å². The number of aromatic hydroxyl groups is 1. The number of aromatic nitrogens is 3. The van der Waals surface area contributed by atoms with E-state index < -0.39 is 17.8 Å². The molecule has 108 valence electrons. The molecule has 2 aromatic rings. The lowest BCUT2D eigenvalue weighted by molar-refractivity contribution is -0.142. The van der Waals surface area contributed by atoms with E-state index in [1.54, 1.807) is 0 Å². The van der Waals surface area contributed by atoms with Crippen molar-refractivity contribution in [2.24, 2.45) is 0 Å². The summed E-state index contributed by atoms with van der Waals surface area (Å²) < 4.78 is 39.6. The lowest BCUT2D eigenvalue weighted by atomic mass is 10.3. The normalized spacial score (nSPS) is 16.3. The Kier molecular flexibility index (Phi) is 2.69. The van der Waals surface area contributed by atoms with Gasteiger partial charge in [0.2, 0.25) is 5.88 Å². The van der Waals surface area contributed by atoms with Crippen LogP contribution in [0.3, 0.4) is 0 Å². The van der Waals surface area contributed by atoms with Crippen molar-refractivity contribution >= 4 is 5.65 Å². The molecule has 8 heteroatoms. The molecule has 0 saturated carbocycles. The van der Waals surface area contributed by atoms with E-state index in [9.17, 15) is 18.3 Å². The van der Waals surface area contributed by atoms with Crippen LogP contribution in [0.1, 0.15) is 30.8 Å². The second-order valence-corrected chi connectivity index (χ2v) is 5.16. The molecule has 0 saturated heterocycles. The molecule has 0 radical (unpaired) electrons. The topological polar surface area (TPSA) is 53.7 Å². The van der Waals surface area contributed by atoms with Gasteiger partial charge in [0, 0.05) is 30.8 Å². The summed E-state index contributed by atoms with van der Waals surface area (Å²) in [5.41, 5.74) is 0.309. The van der Waals surface area contributed by atoms with Crippen molar-refractivity contribution in [3.8, 4) is 5.88 Å². The van der Waals surface area contributed by atoms with E-state index in [2.05, 4.69) is 15.0 Å². The van der Waals surface area contributed by atoms with Gasteiger partial charge >= 0.3 is 6.18 Å². The van der Waals surface area contributed by atoms with Gasteiger partial charge in [-0.2, -0.15) is 23.3 Å². The predicted octanol–water partition coefficient (Wildman–Crippen LogP) is 2.18. The number of fused-ring (bicyclic) bond motifs is 3. The summed E-state index contributed by atoms with van der Waals surface area (Å²) in [6, 6.07) is 0.860. The third-order valence-electron chi connectivity index (χ3n) is 3.49. The number of hydrogen-bond donors (Lipinski definition) is 1. The predicted molar refractivity (Wildman–Crippen MR) is 64.0 cm³/mol. The van der Waals surface area contributed by atoms with Crippen LogP contribution >= 0.6 is 0 Å². The lowest BCUT2D eigenvalue weighted by Crippen LogP contribution is -2.25. The van der Waals surface area contributed by atoms with Gasteiger partial charge < -0.3 is 5.11 Å². The zero-order chi connectivity index (χ0) is 14.7. The van der Waals surface area contributed by atoms with Crippen LogP contribution in [0.2, 0.25) is 0 Å². The molecule has 20 heavy (non-hydrogen) atoms. The van der Waals surface area contributed by atoms with E-state index in [4.69, 9.17) is 0 Å². The molecule has 2 aromatic heterocycles. The molecule has 0 aliphatic carbocycles. The number of halogens is 3. The van der Waals surface area contributed by atoms with Gasteiger partial charge in [-0.15, -0.1) is 0 Å². The van der Waals surface area contributed by atoms with Crippen LogP contribution in [0.15, 0.2) is 6.07 Å². The van der Waals surface area contributed by atoms with Gasteiger partial charge in [0.1, 0.15) is 0 Å². The first-order chi connectivity index (χ1) is 9.27. The van der Waals surface area contributed by atoms with Crippen molar-refractivity contribution in [2.45, 2.75) is 39.2 Å². The summed E-state index contributed by atoms with van der Waals surface area (Å²) in [5, 5.41) is 13.4. The van der Waals surface area contributed by atoms with Gasteiger partial charge in [-0.05, 0) is 13.8 Å². The summed E-state index contributed by atoms with van der Waals surface area (Å²) in [4.78, 5) is 5.88. The molecule has 0 atom stereocenters. The largest absolute Gasteiger partial charge is 0.493 e. The fraction of sp³-hybridized carbons (Fsp3) is 0.500. The van der Waals surface area contributed by atoms with Gasteiger partial charge in [0.05, 0.1) is 5.69 Å². The van der Waals surface area contributed by atoms with Crippen molar-refractivity contribution < 1.29 is 18.3 Å². The molecule has 0 bridgehead atoms. The van der Waals surface area contributed by atoms with E-state index in [0.29, 0.717) is 30.4 Å². The number of rotatable bonds is 1. The fourth-order valence-electron chi connectivity index (χ4n) is 2.40. The average Bonchev–Trinajstić information content (AvgIpc) is 2.85. The highest BCUT2D eigenvalue weighted by Crippen LogP contribution is 2.34. The van der Waals surface area contributed by atoms with Gasteiger partial charge in [0.25, 0.3) is 0 Å². The molecule has 0 fully saturated rings. The van der Waals surface area contributed by atoms with Gasteiger partial charge in [-0.25, -0.2) is 4.52 Å². The van der Waals surface area contributed by atoms with E-state index >= 15 is 0 Å². The third kappa shape index (κ3) is 1.91. The monoisotopic (exact) mass is 286 g/mol. The highest BCUT2D eigenvalue weighted by Gasteiger charge is 2.37. The summed E-state index contributed by atoms with van der Waals surface area (Å²) in [6.45, 7) is 5.00. The van der Waals surface area contributed by atoms with Crippen LogP contribution in [0.25, 0.3) is 5.65 Å². The molecule has 1 N–H and O–H groups in total. The van der Waals surface area contributed by atoms with Crippen LogP contribution in [0.4, 0.5) is 13.2 Å². The van der Waals surface area contributed by atoms with E-state index in [0.717, 1.165) is 4.52 Å². The van der Waals surface area contributed by atoms with Crippen LogP contribution in [-0.4, -0.2) is 30.6 Å². The number of alkyl halides is 3. The first-order valence-electron chi connectivity index (χ1n) is 6.19. The quantitative estimate of drug-likeness (QED) is 0.873. The Bertz CT molecular complexity index is 677. The van der Waals surface area contributed by atoms with E-state index in [1.807, 2.05) is 13.8 Å². The molecule has 3 rings (SSSR count). The first-order valence-corrected chi connectivity index (χ1v) is 6.19. The number of hydrogen-bond acceptors (Lipinski definition) is 4. The lowest BCUT2D eigenvalue weighted by Gasteiger charge is -2.19. The van der Waals surface area contributed by atoms with Crippen molar-refractivity contribution in [1.29, 1.82) is 0 Å². The minimum Gasteiger partial charge on any atom is -0.493 e. The minimum atomic E-state index is -4.59. The molecule has 0 unspecified atom stereocenters. The van der Waals surface area contributed by atoms with Gasteiger partial charge in [-0.1, -0.05) is 0 Å². The maximum absolute atomic E-state index is 13.0. The van der Waals surface area contributed by atoms with Crippen LogP contribution in [0.5, 0.6) is 5.88 Å². The fourth-order valence-corrected chi connectivity index (χ4v) is 2.40. The Morgan fingerprint density at radius 1 is 1.30 bits per heavy atom. The van der Waals surface area contributed by atoms with Crippen molar-refractivity contribution in [3.63, 3.8) is 0 Å². The number of nitrogens with zero attached hydrogens (tertiary/aromatic N) is 4. The van der Waals surface area contributed by atoms with Crippen molar-refractivity contribution in [1.82, 2.24) is 19.5 Å². The summed E-state index contributed by atoms with van der Waals surface area (Å²) in [6.07, 6.45) is -4.59. The molecule has 1 aliphatic rings. The van der Waals surface area contributed by atoms with Crippen LogP contribution < -0.4 is 0 Å². The Labute approximate surface area is 112 Å². The summed E-state index contributed by atoms with van der Waals surface area (Å²) in [5.74, 6) is -0.643. The molecule has 0 aromatic carbocycles. The standard InChI is InChI=1S/C12H13F3N4O/c1-6(2)18-4-7-8(5-18)17-19-9(12(13,14)15)3-10(20)16-11(7)19/h3,6H,4-5H2,1-2H3,(H,16,20). The molecule has 0 spiro atoms. The maximum atomic E-state index is 13.0. The molecule has 1 aliphatic heterocycles. The van der Waals surface area contributed by atoms with Crippen LogP contribution in [-0.2, 0) is 19.3 Å². The SMILES string of the molecule is CC(C)N1Cc2nn3c(C(F)(F)F)cc(O)nc3c2C1. The average molecular weight is 286 g/mol. The van der Waals surface area contributed by atoms with E-state index in [1.165, 1.54) is 0 Å². The second kappa shape index (κ2) is 4.08. The summed E-state index contributed by atoms with van der Waals surface area (Å²) in [7, 11) is 0. The van der Waals surface area contributed by atoms with Gasteiger partial charge in [0.15, 0.2) is 11.3 Å². The second-order valence-electron chi connectivity index (χ2n) is 5.16. The Morgan fingerprint density at radius 2 is 2.00 bits per heavy atom. The third-order valence-corrected chi connectivity index (χ3v) is 3.49. The smallest absolute Gasteiger partial charge is 0.433 e. The molecular formula is C12H13F3N4O. The Balaban J connectivity index is 2.18. The van der Waals surface area contributed by atoms with E-state index in [-0.39, 0.29) is 11.7 Å². The molecule has 0 amide bonds.